The molecule has 0 aliphatic rings. The van der Waals surface area contributed by atoms with Crippen molar-refractivity contribution in [3.8, 4) is 5.88 Å². The van der Waals surface area contributed by atoms with Crippen LogP contribution in [0.25, 0.3) is 0 Å². The Morgan fingerprint density at radius 3 is 2.73 bits per heavy atom. The summed E-state index contributed by atoms with van der Waals surface area (Å²) in [4.78, 5) is 3.97. The molecule has 15 heavy (non-hydrogen) atoms. The van der Waals surface area contributed by atoms with E-state index in [2.05, 4.69) is 4.98 Å². The highest BCUT2D eigenvalue weighted by atomic mass is 35.5. The van der Waals surface area contributed by atoms with E-state index in [0.29, 0.717) is 5.15 Å². The Bertz CT molecular complexity index is 452. The summed E-state index contributed by atoms with van der Waals surface area (Å²) in [6, 6.07) is 6.90. The summed E-state index contributed by atoms with van der Waals surface area (Å²) in [6.45, 7) is 0. The lowest BCUT2D eigenvalue weighted by molar-refractivity contribution is 0.424. The van der Waals surface area contributed by atoms with E-state index in [4.69, 9.17) is 11.6 Å². The van der Waals surface area contributed by atoms with Crippen LogP contribution in [0.15, 0.2) is 36.7 Å². The van der Waals surface area contributed by atoms with Gasteiger partial charge >= 0.3 is 0 Å². The van der Waals surface area contributed by atoms with E-state index in [0.717, 1.165) is 5.69 Å². The molecule has 0 saturated carbocycles. The summed E-state index contributed by atoms with van der Waals surface area (Å²) in [7, 11) is 1.82. The van der Waals surface area contributed by atoms with Crippen molar-refractivity contribution in [2.24, 2.45) is 0 Å². The summed E-state index contributed by atoms with van der Waals surface area (Å²) >= 11 is 5.69. The molecule has 0 radical (unpaired) electrons. The maximum absolute atomic E-state index is 9.51. The molecule has 0 spiro atoms. The molecule has 78 valence electrons. The summed E-state index contributed by atoms with van der Waals surface area (Å²) in [6.07, 6.45) is 3.39. The largest absolute Gasteiger partial charge is 0.493 e. The molecular weight excluding hydrogens is 214 g/mol. The van der Waals surface area contributed by atoms with E-state index in [1.54, 1.807) is 40.3 Å². The SMILES string of the molecule is CN(c1ccc(Cl)nc1)n1cccc1O. The van der Waals surface area contributed by atoms with Crippen LogP contribution in [-0.2, 0) is 0 Å². The Morgan fingerprint density at radius 2 is 2.20 bits per heavy atom. The second-order valence-electron chi connectivity index (χ2n) is 3.07. The summed E-state index contributed by atoms with van der Waals surface area (Å²) in [5.41, 5.74) is 0.839. The zero-order chi connectivity index (χ0) is 10.8. The predicted octanol–water partition coefficient (Wildman–Crippen LogP) is 2.14. The van der Waals surface area contributed by atoms with Crippen LogP contribution >= 0.6 is 11.6 Å². The van der Waals surface area contributed by atoms with E-state index in [-0.39, 0.29) is 5.88 Å². The van der Waals surface area contributed by atoms with Gasteiger partial charge in [-0.1, -0.05) is 11.6 Å². The van der Waals surface area contributed by atoms with Gasteiger partial charge in [0.1, 0.15) is 5.15 Å². The van der Waals surface area contributed by atoms with Crippen LogP contribution < -0.4 is 5.01 Å². The van der Waals surface area contributed by atoms with Crippen LogP contribution in [0.2, 0.25) is 5.15 Å². The number of aromatic nitrogens is 2. The first kappa shape index (κ1) is 9.86. The van der Waals surface area contributed by atoms with E-state index >= 15 is 0 Å². The number of nitrogens with zero attached hydrogens (tertiary/aromatic N) is 3. The number of hydrogen-bond donors (Lipinski definition) is 1. The maximum Gasteiger partial charge on any atom is 0.210 e. The molecule has 2 rings (SSSR count). The Hall–Kier alpha value is -1.68. The second-order valence-corrected chi connectivity index (χ2v) is 3.46. The molecule has 0 atom stereocenters. The van der Waals surface area contributed by atoms with Crippen molar-refractivity contribution in [1.29, 1.82) is 0 Å². The van der Waals surface area contributed by atoms with Gasteiger partial charge in [-0.25, -0.2) is 9.66 Å². The normalized spacial score (nSPS) is 10.3. The molecule has 4 nitrogen and oxygen atoms in total. The maximum atomic E-state index is 9.51. The number of hydrogen-bond acceptors (Lipinski definition) is 3. The highest BCUT2D eigenvalue weighted by molar-refractivity contribution is 6.29. The molecule has 1 N–H and O–H groups in total. The molecular formula is C10H10ClN3O. The van der Waals surface area contributed by atoms with E-state index in [1.807, 2.05) is 13.1 Å². The minimum Gasteiger partial charge on any atom is -0.493 e. The number of aromatic hydroxyl groups is 1. The molecule has 0 aromatic carbocycles. The highest BCUT2D eigenvalue weighted by Gasteiger charge is 2.06. The monoisotopic (exact) mass is 223 g/mol. The number of rotatable bonds is 2. The van der Waals surface area contributed by atoms with Gasteiger partial charge in [0, 0.05) is 19.3 Å². The minimum atomic E-state index is 0.174. The molecule has 5 heteroatoms. The molecule has 0 saturated heterocycles. The highest BCUT2D eigenvalue weighted by Crippen LogP contribution is 2.18. The zero-order valence-corrected chi connectivity index (χ0v) is 8.89. The Kier molecular flexibility index (Phi) is 2.51. The average Bonchev–Trinajstić information content (AvgIpc) is 2.65. The fourth-order valence-corrected chi connectivity index (χ4v) is 1.41. The van der Waals surface area contributed by atoms with Crippen molar-refractivity contribution in [3.05, 3.63) is 41.8 Å². The topological polar surface area (TPSA) is 41.3 Å². The second kappa shape index (κ2) is 3.82. The molecule has 0 unspecified atom stereocenters. The molecule has 2 aromatic rings. The first-order chi connectivity index (χ1) is 7.18. The van der Waals surface area contributed by atoms with Crippen LogP contribution in [0.5, 0.6) is 5.88 Å². The standard InChI is InChI=1S/C10H10ClN3O/c1-13(14-6-2-3-10(14)15)8-4-5-9(11)12-7-8/h2-7,15H,1H3. The summed E-state index contributed by atoms with van der Waals surface area (Å²) in [5, 5.41) is 11.7. The fraction of sp³-hybridized carbons (Fsp3) is 0.100. The van der Waals surface area contributed by atoms with Crippen molar-refractivity contribution < 1.29 is 5.11 Å². The van der Waals surface area contributed by atoms with Gasteiger partial charge in [-0.05, 0) is 18.2 Å². The molecule has 0 fully saturated rings. The van der Waals surface area contributed by atoms with Gasteiger partial charge in [-0.3, -0.25) is 5.01 Å². The third-order valence-corrected chi connectivity index (χ3v) is 2.34. The molecule has 0 aliphatic carbocycles. The van der Waals surface area contributed by atoms with E-state index in [1.165, 1.54) is 0 Å². The molecule has 0 aliphatic heterocycles. The average molecular weight is 224 g/mol. The van der Waals surface area contributed by atoms with Crippen LogP contribution in [-0.4, -0.2) is 21.8 Å². The van der Waals surface area contributed by atoms with Crippen LogP contribution in [0.1, 0.15) is 0 Å². The van der Waals surface area contributed by atoms with Crippen LogP contribution in [0.4, 0.5) is 5.69 Å². The Balaban J connectivity index is 2.32. The van der Waals surface area contributed by atoms with Crippen LogP contribution in [0, 0.1) is 0 Å². The molecule has 0 amide bonds. The van der Waals surface area contributed by atoms with Gasteiger partial charge in [-0.15, -0.1) is 0 Å². The quantitative estimate of drug-likeness (QED) is 0.794. The lowest BCUT2D eigenvalue weighted by Gasteiger charge is -2.20. The van der Waals surface area contributed by atoms with Gasteiger partial charge < -0.3 is 5.11 Å². The molecule has 2 aromatic heterocycles. The smallest absolute Gasteiger partial charge is 0.210 e. The predicted molar refractivity (Wildman–Crippen MR) is 59.1 cm³/mol. The molecule has 2 heterocycles. The van der Waals surface area contributed by atoms with Gasteiger partial charge in [0.05, 0.1) is 11.9 Å². The lowest BCUT2D eigenvalue weighted by atomic mass is 10.4. The van der Waals surface area contributed by atoms with E-state index in [9.17, 15) is 5.11 Å². The van der Waals surface area contributed by atoms with Gasteiger partial charge in [-0.2, -0.15) is 0 Å². The fourth-order valence-electron chi connectivity index (χ4n) is 1.30. The number of pyridine rings is 1. The van der Waals surface area contributed by atoms with Crippen LogP contribution in [0.3, 0.4) is 0 Å². The third-order valence-electron chi connectivity index (χ3n) is 2.12. The summed E-state index contributed by atoms with van der Waals surface area (Å²) in [5.74, 6) is 0.174. The van der Waals surface area contributed by atoms with E-state index < -0.39 is 0 Å². The van der Waals surface area contributed by atoms with Crippen molar-refractivity contribution in [3.63, 3.8) is 0 Å². The van der Waals surface area contributed by atoms with Crippen molar-refractivity contribution >= 4 is 17.3 Å². The van der Waals surface area contributed by atoms with Crippen molar-refractivity contribution in [1.82, 2.24) is 9.66 Å². The number of halogens is 1. The first-order valence-corrected chi connectivity index (χ1v) is 4.78. The van der Waals surface area contributed by atoms with Gasteiger partial charge in [0.15, 0.2) is 0 Å². The lowest BCUT2D eigenvalue weighted by Crippen LogP contribution is -2.23. The number of anilines is 1. The summed E-state index contributed by atoms with van der Waals surface area (Å²) < 4.78 is 1.60. The van der Waals surface area contributed by atoms with Crippen molar-refractivity contribution in [2.45, 2.75) is 0 Å². The van der Waals surface area contributed by atoms with Gasteiger partial charge in [0.25, 0.3) is 0 Å². The Morgan fingerprint density at radius 1 is 1.40 bits per heavy atom. The minimum absolute atomic E-state index is 0.174. The first-order valence-electron chi connectivity index (χ1n) is 4.40. The third kappa shape index (κ3) is 1.89. The van der Waals surface area contributed by atoms with Crippen molar-refractivity contribution in [2.75, 3.05) is 12.1 Å². The Labute approximate surface area is 92.3 Å². The van der Waals surface area contributed by atoms with Gasteiger partial charge in [0.2, 0.25) is 5.88 Å². The molecule has 0 bridgehead atoms. The zero-order valence-electron chi connectivity index (χ0n) is 8.13.